The van der Waals surface area contributed by atoms with E-state index in [0.29, 0.717) is 12.2 Å². The van der Waals surface area contributed by atoms with Crippen LogP contribution in [0.5, 0.6) is 0 Å². The lowest BCUT2D eigenvalue weighted by Crippen LogP contribution is -2.27. The van der Waals surface area contributed by atoms with Crippen molar-refractivity contribution in [1.82, 2.24) is 10.3 Å². The maximum Gasteiger partial charge on any atom is 0.269 e. The van der Waals surface area contributed by atoms with E-state index < -0.39 is 0 Å². The second-order valence-electron chi connectivity index (χ2n) is 6.01. The van der Waals surface area contributed by atoms with Crippen LogP contribution in [0.25, 0.3) is 0 Å². The summed E-state index contributed by atoms with van der Waals surface area (Å²) in [5.41, 5.74) is 2.86. The molecule has 0 atom stereocenters. The topological polar surface area (TPSA) is 45.2 Å². The molecule has 0 saturated carbocycles. The summed E-state index contributed by atoms with van der Waals surface area (Å²) in [6, 6.07) is 12.3. The van der Waals surface area contributed by atoms with E-state index in [2.05, 4.69) is 46.4 Å². The van der Waals surface area contributed by atoms with Crippen molar-refractivity contribution in [1.29, 1.82) is 0 Å². The molecular formula is C19H23N3OS. The highest BCUT2D eigenvalue weighted by molar-refractivity contribution is 7.99. The van der Waals surface area contributed by atoms with Crippen molar-refractivity contribution in [3.8, 4) is 0 Å². The number of carbonyl (C=O) groups excluding carboxylic acids is 1. The molecule has 1 amide bonds. The molecule has 4 nitrogen and oxygen atoms in total. The number of benzene rings is 1. The van der Waals surface area contributed by atoms with Crippen molar-refractivity contribution in [2.45, 2.75) is 24.7 Å². The molecule has 1 aromatic heterocycles. The molecule has 24 heavy (non-hydrogen) atoms. The van der Waals surface area contributed by atoms with Crippen LogP contribution in [0.3, 0.4) is 0 Å². The number of rotatable bonds is 6. The van der Waals surface area contributed by atoms with Crippen LogP contribution in [0.15, 0.2) is 47.5 Å². The standard InChI is InChI=1S/C19H23N3OS/c1-15-4-6-17(7-5-15)24-13-10-21-19(23)18-14-16(8-9-20-18)22-11-2-3-12-22/h4-9,14H,2-3,10-13H2,1H3,(H,21,23). The molecule has 5 heteroatoms. The Morgan fingerprint density at radius 1 is 1.21 bits per heavy atom. The third-order valence-corrected chi connectivity index (χ3v) is 5.14. The summed E-state index contributed by atoms with van der Waals surface area (Å²) >= 11 is 1.75. The van der Waals surface area contributed by atoms with Gasteiger partial charge in [-0.1, -0.05) is 17.7 Å². The van der Waals surface area contributed by atoms with E-state index in [4.69, 9.17) is 0 Å². The van der Waals surface area contributed by atoms with Crippen molar-refractivity contribution < 1.29 is 4.79 Å². The van der Waals surface area contributed by atoms with E-state index in [-0.39, 0.29) is 5.91 Å². The van der Waals surface area contributed by atoms with Crippen molar-refractivity contribution in [3.63, 3.8) is 0 Å². The highest BCUT2D eigenvalue weighted by Gasteiger charge is 2.14. The van der Waals surface area contributed by atoms with Crippen LogP contribution in [0.1, 0.15) is 28.9 Å². The van der Waals surface area contributed by atoms with Gasteiger partial charge in [0.05, 0.1) is 0 Å². The average molecular weight is 341 g/mol. The molecule has 126 valence electrons. The van der Waals surface area contributed by atoms with Gasteiger partial charge in [-0.3, -0.25) is 9.78 Å². The van der Waals surface area contributed by atoms with E-state index >= 15 is 0 Å². The molecule has 0 bridgehead atoms. The number of pyridine rings is 1. The van der Waals surface area contributed by atoms with Gasteiger partial charge in [-0.05, 0) is 44.0 Å². The van der Waals surface area contributed by atoms with Crippen LogP contribution >= 0.6 is 11.8 Å². The molecule has 2 heterocycles. The number of nitrogens with zero attached hydrogens (tertiary/aromatic N) is 2. The van der Waals surface area contributed by atoms with Gasteiger partial charge in [0.2, 0.25) is 0 Å². The fourth-order valence-electron chi connectivity index (χ4n) is 2.77. The van der Waals surface area contributed by atoms with Crippen molar-refractivity contribution in [2.24, 2.45) is 0 Å². The number of thioether (sulfide) groups is 1. The Morgan fingerprint density at radius 2 is 1.96 bits per heavy atom. The maximum atomic E-state index is 12.3. The van der Waals surface area contributed by atoms with Crippen LogP contribution < -0.4 is 10.2 Å². The largest absolute Gasteiger partial charge is 0.371 e. The second kappa shape index (κ2) is 8.20. The number of hydrogen-bond acceptors (Lipinski definition) is 4. The van der Waals surface area contributed by atoms with Gasteiger partial charge >= 0.3 is 0 Å². The fraction of sp³-hybridized carbons (Fsp3) is 0.368. The van der Waals surface area contributed by atoms with Crippen LogP contribution in [0.4, 0.5) is 5.69 Å². The average Bonchev–Trinajstić information content (AvgIpc) is 3.15. The van der Waals surface area contributed by atoms with Gasteiger partial charge in [-0.15, -0.1) is 11.8 Å². The number of aryl methyl sites for hydroxylation is 1. The number of aromatic nitrogens is 1. The molecule has 0 unspecified atom stereocenters. The van der Waals surface area contributed by atoms with Gasteiger partial charge in [0, 0.05) is 42.2 Å². The molecule has 1 fully saturated rings. The van der Waals surface area contributed by atoms with E-state index in [1.807, 2.05) is 12.1 Å². The molecule has 1 N–H and O–H groups in total. The van der Waals surface area contributed by atoms with Gasteiger partial charge in [-0.2, -0.15) is 0 Å². The predicted molar refractivity (Wildman–Crippen MR) is 99.9 cm³/mol. The molecule has 0 aliphatic carbocycles. The normalized spacial score (nSPS) is 14.0. The van der Waals surface area contributed by atoms with Gasteiger partial charge < -0.3 is 10.2 Å². The molecule has 1 saturated heterocycles. The first kappa shape index (κ1) is 16.8. The Bertz CT molecular complexity index is 681. The lowest BCUT2D eigenvalue weighted by molar-refractivity contribution is 0.0951. The summed E-state index contributed by atoms with van der Waals surface area (Å²) < 4.78 is 0. The number of amides is 1. The monoisotopic (exact) mass is 341 g/mol. The minimum atomic E-state index is -0.0967. The van der Waals surface area contributed by atoms with Crippen LogP contribution in [0, 0.1) is 6.92 Å². The zero-order valence-electron chi connectivity index (χ0n) is 14.0. The molecule has 3 rings (SSSR count). The number of nitrogens with one attached hydrogen (secondary N) is 1. The quantitative estimate of drug-likeness (QED) is 0.645. The minimum absolute atomic E-state index is 0.0967. The molecular weight excluding hydrogens is 318 g/mol. The molecule has 2 aromatic rings. The van der Waals surface area contributed by atoms with Gasteiger partial charge in [0.1, 0.15) is 5.69 Å². The van der Waals surface area contributed by atoms with E-state index in [0.717, 1.165) is 24.5 Å². The van der Waals surface area contributed by atoms with E-state index in [9.17, 15) is 4.79 Å². The highest BCUT2D eigenvalue weighted by atomic mass is 32.2. The number of hydrogen-bond donors (Lipinski definition) is 1. The summed E-state index contributed by atoms with van der Waals surface area (Å²) in [6.45, 7) is 4.85. The maximum absolute atomic E-state index is 12.3. The second-order valence-corrected chi connectivity index (χ2v) is 7.18. The smallest absolute Gasteiger partial charge is 0.269 e. The van der Waals surface area contributed by atoms with E-state index in [1.165, 1.54) is 23.3 Å². The Hall–Kier alpha value is -2.01. The zero-order valence-corrected chi connectivity index (χ0v) is 14.8. The Morgan fingerprint density at radius 3 is 2.71 bits per heavy atom. The van der Waals surface area contributed by atoms with Crippen molar-refractivity contribution >= 4 is 23.4 Å². The van der Waals surface area contributed by atoms with Gasteiger partial charge in [0.15, 0.2) is 0 Å². The van der Waals surface area contributed by atoms with Crippen molar-refractivity contribution in [3.05, 3.63) is 53.9 Å². The van der Waals surface area contributed by atoms with Crippen LogP contribution in [0.2, 0.25) is 0 Å². The third-order valence-electron chi connectivity index (χ3n) is 4.12. The lowest BCUT2D eigenvalue weighted by Gasteiger charge is -2.17. The van der Waals surface area contributed by atoms with E-state index in [1.54, 1.807) is 18.0 Å². The third kappa shape index (κ3) is 4.51. The summed E-state index contributed by atoms with van der Waals surface area (Å²) in [7, 11) is 0. The lowest BCUT2D eigenvalue weighted by atomic mass is 10.2. The Kier molecular flexibility index (Phi) is 5.75. The predicted octanol–water partition coefficient (Wildman–Crippen LogP) is 3.51. The molecule has 1 aliphatic heterocycles. The molecule has 0 spiro atoms. The highest BCUT2D eigenvalue weighted by Crippen LogP contribution is 2.20. The number of carbonyl (C=O) groups is 1. The SMILES string of the molecule is Cc1ccc(SCCNC(=O)c2cc(N3CCCC3)ccn2)cc1. The Balaban J connectivity index is 1.48. The summed E-state index contributed by atoms with van der Waals surface area (Å²) in [5, 5.41) is 2.96. The summed E-state index contributed by atoms with van der Waals surface area (Å²) in [5.74, 6) is 0.751. The van der Waals surface area contributed by atoms with Crippen LogP contribution in [-0.4, -0.2) is 36.3 Å². The van der Waals surface area contributed by atoms with Crippen molar-refractivity contribution in [2.75, 3.05) is 30.3 Å². The first-order valence-electron chi connectivity index (χ1n) is 8.41. The Labute approximate surface area is 147 Å². The first-order chi connectivity index (χ1) is 11.7. The summed E-state index contributed by atoms with van der Waals surface area (Å²) in [4.78, 5) is 20.0. The van der Waals surface area contributed by atoms with Gasteiger partial charge in [0.25, 0.3) is 5.91 Å². The van der Waals surface area contributed by atoms with Crippen LogP contribution in [-0.2, 0) is 0 Å². The summed E-state index contributed by atoms with van der Waals surface area (Å²) in [6.07, 6.45) is 4.17. The molecule has 1 aliphatic rings. The zero-order chi connectivity index (χ0) is 16.8. The molecule has 1 aromatic carbocycles. The fourth-order valence-corrected chi connectivity index (χ4v) is 3.54. The minimum Gasteiger partial charge on any atom is -0.371 e. The van der Waals surface area contributed by atoms with Gasteiger partial charge in [-0.25, -0.2) is 0 Å². The molecule has 0 radical (unpaired) electrons. The number of anilines is 1. The first-order valence-corrected chi connectivity index (χ1v) is 9.39.